The van der Waals surface area contributed by atoms with Crippen LogP contribution in [0.5, 0.6) is 0 Å². The van der Waals surface area contributed by atoms with Crippen LogP contribution in [0.25, 0.3) is 0 Å². The molecule has 1 aromatic carbocycles. The number of carbonyl (C=O) groups is 1. The molecule has 2 rings (SSSR count). The van der Waals surface area contributed by atoms with E-state index in [0.717, 1.165) is 11.3 Å². The van der Waals surface area contributed by atoms with E-state index < -0.39 is 0 Å². The molecule has 0 aliphatic rings. The van der Waals surface area contributed by atoms with Gasteiger partial charge in [0.05, 0.1) is 6.42 Å². The van der Waals surface area contributed by atoms with Gasteiger partial charge < -0.3 is 5.73 Å². The Hall–Kier alpha value is -2.16. The Morgan fingerprint density at radius 3 is 2.82 bits per heavy atom. The number of anilines is 1. The number of Topliss-reactive ketones (excluding diaryl/α,β-unsaturated/α-hetero) is 1. The number of ketones is 1. The molecular weight excluding hydrogens is 212 g/mol. The second kappa shape index (κ2) is 4.78. The molecule has 0 atom stereocenters. The van der Waals surface area contributed by atoms with Crippen LogP contribution in [0.4, 0.5) is 5.69 Å². The molecule has 86 valence electrons. The van der Waals surface area contributed by atoms with Gasteiger partial charge in [0.2, 0.25) is 0 Å². The van der Waals surface area contributed by atoms with Crippen molar-refractivity contribution < 1.29 is 4.79 Å². The lowest BCUT2D eigenvalue weighted by Crippen LogP contribution is -2.08. The quantitative estimate of drug-likeness (QED) is 0.645. The highest BCUT2D eigenvalue weighted by atomic mass is 16.1. The number of rotatable bonds is 3. The largest absolute Gasteiger partial charge is 0.398 e. The van der Waals surface area contributed by atoms with Gasteiger partial charge in [0, 0.05) is 23.1 Å². The average Bonchev–Trinajstić information content (AvgIpc) is 2.33. The fraction of sp³-hybridized carbons (Fsp3) is 0.143. The number of aryl methyl sites for hydroxylation is 1. The first-order chi connectivity index (χ1) is 8.16. The minimum atomic E-state index is 0.00454. The van der Waals surface area contributed by atoms with E-state index in [2.05, 4.69) is 4.98 Å². The summed E-state index contributed by atoms with van der Waals surface area (Å²) in [6.07, 6.45) is 1.97. The van der Waals surface area contributed by atoms with Gasteiger partial charge in [-0.1, -0.05) is 17.7 Å². The van der Waals surface area contributed by atoms with E-state index in [1.165, 1.54) is 0 Å². The Labute approximate surface area is 100 Å². The van der Waals surface area contributed by atoms with Gasteiger partial charge in [-0.15, -0.1) is 0 Å². The molecule has 1 heterocycles. The number of pyridine rings is 1. The Kier molecular flexibility index (Phi) is 3.19. The first-order valence-electron chi connectivity index (χ1n) is 5.46. The lowest BCUT2D eigenvalue weighted by Gasteiger charge is -2.05. The van der Waals surface area contributed by atoms with E-state index in [0.29, 0.717) is 11.3 Å². The lowest BCUT2D eigenvalue weighted by atomic mass is 10.0. The number of nitrogen functional groups attached to an aromatic ring is 1. The molecule has 0 unspecified atom stereocenters. The number of benzene rings is 1. The Morgan fingerprint density at radius 1 is 1.29 bits per heavy atom. The summed E-state index contributed by atoms with van der Waals surface area (Å²) in [6.45, 7) is 1.94. The van der Waals surface area contributed by atoms with Gasteiger partial charge in [-0.05, 0) is 31.2 Å². The molecule has 2 aromatic rings. The number of carbonyl (C=O) groups excluding carboxylic acids is 1. The summed E-state index contributed by atoms with van der Waals surface area (Å²) < 4.78 is 0. The summed E-state index contributed by atoms with van der Waals surface area (Å²) in [5.74, 6) is 0.00454. The number of nitrogens with zero attached hydrogens (tertiary/aromatic N) is 1. The van der Waals surface area contributed by atoms with Crippen LogP contribution in [0.15, 0.2) is 42.6 Å². The van der Waals surface area contributed by atoms with Crippen molar-refractivity contribution in [2.45, 2.75) is 13.3 Å². The van der Waals surface area contributed by atoms with Crippen LogP contribution in [0.2, 0.25) is 0 Å². The highest BCUT2D eigenvalue weighted by Crippen LogP contribution is 2.16. The van der Waals surface area contributed by atoms with E-state index in [-0.39, 0.29) is 12.2 Å². The molecule has 0 amide bonds. The molecular formula is C14H14N2O. The Morgan fingerprint density at radius 2 is 2.12 bits per heavy atom. The number of hydrogen-bond acceptors (Lipinski definition) is 3. The fourth-order valence-electron chi connectivity index (χ4n) is 1.67. The molecule has 0 aliphatic carbocycles. The Balaban J connectivity index is 2.23. The van der Waals surface area contributed by atoms with E-state index in [4.69, 9.17) is 5.73 Å². The standard InChI is InChI=1S/C14H14N2O/c1-10-5-6-13(15)12(8-10)14(17)9-11-4-2-3-7-16-11/h2-8H,9,15H2,1H3. The van der Waals surface area contributed by atoms with Crippen LogP contribution in [-0.2, 0) is 6.42 Å². The minimum absolute atomic E-state index is 0.00454. The van der Waals surface area contributed by atoms with Crippen molar-refractivity contribution >= 4 is 11.5 Å². The summed E-state index contributed by atoms with van der Waals surface area (Å²) in [5, 5.41) is 0. The van der Waals surface area contributed by atoms with E-state index >= 15 is 0 Å². The summed E-state index contributed by atoms with van der Waals surface area (Å²) >= 11 is 0. The maximum Gasteiger partial charge on any atom is 0.170 e. The van der Waals surface area contributed by atoms with E-state index in [1.807, 2.05) is 37.3 Å². The van der Waals surface area contributed by atoms with Gasteiger partial charge in [-0.3, -0.25) is 9.78 Å². The van der Waals surface area contributed by atoms with Crippen molar-refractivity contribution in [2.75, 3.05) is 5.73 Å². The van der Waals surface area contributed by atoms with Crippen LogP contribution in [0, 0.1) is 6.92 Å². The molecule has 17 heavy (non-hydrogen) atoms. The first kappa shape index (κ1) is 11.3. The SMILES string of the molecule is Cc1ccc(N)c(C(=O)Cc2ccccn2)c1. The molecule has 0 aliphatic heterocycles. The summed E-state index contributed by atoms with van der Waals surface area (Å²) in [5.41, 5.74) is 8.70. The summed E-state index contributed by atoms with van der Waals surface area (Å²) in [6, 6.07) is 11.0. The van der Waals surface area contributed by atoms with Crippen molar-refractivity contribution in [1.82, 2.24) is 4.98 Å². The lowest BCUT2D eigenvalue weighted by molar-refractivity contribution is 0.0992. The van der Waals surface area contributed by atoms with Gasteiger partial charge in [-0.2, -0.15) is 0 Å². The highest BCUT2D eigenvalue weighted by molar-refractivity contribution is 6.01. The number of hydrogen-bond donors (Lipinski definition) is 1. The van der Waals surface area contributed by atoms with Crippen molar-refractivity contribution in [3.8, 4) is 0 Å². The maximum atomic E-state index is 12.1. The van der Waals surface area contributed by atoms with Gasteiger partial charge >= 0.3 is 0 Å². The van der Waals surface area contributed by atoms with Crippen LogP contribution >= 0.6 is 0 Å². The Bertz CT molecular complexity index is 535. The van der Waals surface area contributed by atoms with Crippen molar-refractivity contribution in [2.24, 2.45) is 0 Å². The molecule has 0 saturated carbocycles. The molecule has 0 spiro atoms. The second-order valence-electron chi connectivity index (χ2n) is 4.01. The average molecular weight is 226 g/mol. The maximum absolute atomic E-state index is 12.1. The third-order valence-corrected chi connectivity index (χ3v) is 2.58. The van der Waals surface area contributed by atoms with Crippen LogP contribution < -0.4 is 5.73 Å². The van der Waals surface area contributed by atoms with Gasteiger partial charge in [0.25, 0.3) is 0 Å². The second-order valence-corrected chi connectivity index (χ2v) is 4.01. The fourth-order valence-corrected chi connectivity index (χ4v) is 1.67. The summed E-state index contributed by atoms with van der Waals surface area (Å²) in [4.78, 5) is 16.2. The molecule has 1 aromatic heterocycles. The number of aromatic nitrogens is 1. The predicted octanol–water partition coefficient (Wildman–Crippen LogP) is 2.40. The van der Waals surface area contributed by atoms with Crippen molar-refractivity contribution in [1.29, 1.82) is 0 Å². The normalized spacial score (nSPS) is 10.2. The van der Waals surface area contributed by atoms with Crippen LogP contribution in [0.3, 0.4) is 0 Å². The van der Waals surface area contributed by atoms with Crippen molar-refractivity contribution in [3.05, 3.63) is 59.4 Å². The zero-order chi connectivity index (χ0) is 12.3. The summed E-state index contributed by atoms with van der Waals surface area (Å²) in [7, 11) is 0. The predicted molar refractivity (Wildman–Crippen MR) is 67.9 cm³/mol. The molecule has 3 nitrogen and oxygen atoms in total. The molecule has 0 saturated heterocycles. The zero-order valence-electron chi connectivity index (χ0n) is 9.68. The van der Waals surface area contributed by atoms with E-state index in [9.17, 15) is 4.79 Å². The van der Waals surface area contributed by atoms with E-state index in [1.54, 1.807) is 12.3 Å². The zero-order valence-corrected chi connectivity index (χ0v) is 9.68. The molecule has 0 fully saturated rings. The number of nitrogens with two attached hydrogens (primary N) is 1. The van der Waals surface area contributed by atoms with Crippen molar-refractivity contribution in [3.63, 3.8) is 0 Å². The van der Waals surface area contributed by atoms with Gasteiger partial charge in [0.1, 0.15) is 0 Å². The first-order valence-corrected chi connectivity index (χ1v) is 5.46. The van der Waals surface area contributed by atoms with Gasteiger partial charge in [-0.25, -0.2) is 0 Å². The van der Waals surface area contributed by atoms with Gasteiger partial charge in [0.15, 0.2) is 5.78 Å². The third-order valence-electron chi connectivity index (χ3n) is 2.58. The monoisotopic (exact) mass is 226 g/mol. The molecule has 0 bridgehead atoms. The topological polar surface area (TPSA) is 56.0 Å². The smallest absolute Gasteiger partial charge is 0.170 e. The molecule has 0 radical (unpaired) electrons. The third kappa shape index (κ3) is 2.69. The minimum Gasteiger partial charge on any atom is -0.398 e. The highest BCUT2D eigenvalue weighted by Gasteiger charge is 2.11. The molecule has 3 heteroatoms. The molecule has 2 N–H and O–H groups in total. The van der Waals surface area contributed by atoms with Crippen LogP contribution in [0.1, 0.15) is 21.6 Å². The van der Waals surface area contributed by atoms with Crippen LogP contribution in [-0.4, -0.2) is 10.8 Å².